The molecule has 1 atom stereocenters. The van der Waals surface area contributed by atoms with Crippen LogP contribution in [-0.2, 0) is 0 Å². The van der Waals surface area contributed by atoms with Gasteiger partial charge in [0.25, 0.3) is 5.91 Å². The van der Waals surface area contributed by atoms with E-state index in [0.717, 1.165) is 43.1 Å². The molecule has 2 aromatic heterocycles. The van der Waals surface area contributed by atoms with Gasteiger partial charge in [-0.3, -0.25) is 4.79 Å². The number of benzene rings is 1. The van der Waals surface area contributed by atoms with Crippen LogP contribution in [-0.4, -0.2) is 35.3 Å². The average molecular weight is 391 g/mol. The van der Waals surface area contributed by atoms with Gasteiger partial charge in [-0.2, -0.15) is 5.10 Å². The molecule has 1 saturated carbocycles. The number of hydrogen-bond acceptors (Lipinski definition) is 3. The van der Waals surface area contributed by atoms with E-state index < -0.39 is 0 Å². The highest BCUT2D eigenvalue weighted by atomic mass is 16.3. The predicted molar refractivity (Wildman–Crippen MR) is 109 cm³/mol. The van der Waals surface area contributed by atoms with Gasteiger partial charge in [0.2, 0.25) is 0 Å². The zero-order chi connectivity index (χ0) is 19.6. The molecule has 5 rings (SSSR count). The van der Waals surface area contributed by atoms with Gasteiger partial charge in [0.1, 0.15) is 5.69 Å². The molecule has 1 aliphatic carbocycles. The summed E-state index contributed by atoms with van der Waals surface area (Å²) in [6.45, 7) is 2.80. The van der Waals surface area contributed by atoms with Crippen molar-refractivity contribution in [1.29, 1.82) is 0 Å². The molecule has 1 amide bonds. The monoisotopic (exact) mass is 391 g/mol. The smallest absolute Gasteiger partial charge is 0.270 e. The molecule has 0 unspecified atom stereocenters. The summed E-state index contributed by atoms with van der Waals surface area (Å²) in [5.41, 5.74) is 2.54. The van der Waals surface area contributed by atoms with E-state index >= 15 is 0 Å². The van der Waals surface area contributed by atoms with Crippen molar-refractivity contribution >= 4 is 5.91 Å². The molecule has 150 valence electrons. The molecule has 1 aromatic carbocycles. The second-order valence-corrected chi connectivity index (χ2v) is 8.12. The van der Waals surface area contributed by atoms with Gasteiger partial charge in [-0.05, 0) is 43.2 Å². The highest BCUT2D eigenvalue weighted by Crippen LogP contribution is 2.39. The number of carbonyl (C=O) groups excluding carboxylic acids is 1. The van der Waals surface area contributed by atoms with E-state index in [-0.39, 0.29) is 11.9 Å². The molecule has 2 aliphatic rings. The van der Waals surface area contributed by atoms with Gasteiger partial charge in [-0.25, -0.2) is 4.68 Å². The molecular formula is C23H27N4O2+. The number of likely N-dealkylation sites (tertiary alicyclic amines) is 1. The topological polar surface area (TPSA) is 64.5 Å². The van der Waals surface area contributed by atoms with Crippen molar-refractivity contribution in [2.75, 3.05) is 19.6 Å². The number of quaternary nitrogens is 1. The molecule has 6 heteroatoms. The van der Waals surface area contributed by atoms with Gasteiger partial charge in [0, 0.05) is 18.8 Å². The lowest BCUT2D eigenvalue weighted by Crippen LogP contribution is -3.11. The number of nitrogens with one attached hydrogen (secondary N) is 2. The minimum absolute atomic E-state index is 0.0802. The lowest BCUT2D eigenvalue weighted by molar-refractivity contribution is -0.919. The Bertz CT molecular complexity index is 954. The van der Waals surface area contributed by atoms with Crippen molar-refractivity contribution in [3.8, 4) is 5.69 Å². The van der Waals surface area contributed by atoms with Crippen molar-refractivity contribution in [2.45, 2.75) is 37.6 Å². The Balaban J connectivity index is 1.37. The number of carbonyl (C=O) groups is 1. The van der Waals surface area contributed by atoms with Crippen LogP contribution in [0.5, 0.6) is 0 Å². The summed E-state index contributed by atoms with van der Waals surface area (Å²) >= 11 is 0. The summed E-state index contributed by atoms with van der Waals surface area (Å²) in [7, 11) is 0. The Morgan fingerprint density at radius 1 is 1.17 bits per heavy atom. The summed E-state index contributed by atoms with van der Waals surface area (Å²) in [5.74, 6) is 1.36. The molecule has 0 spiro atoms. The van der Waals surface area contributed by atoms with E-state index in [1.54, 1.807) is 10.9 Å². The van der Waals surface area contributed by atoms with Crippen LogP contribution >= 0.6 is 0 Å². The molecule has 2 fully saturated rings. The fraction of sp³-hybridized carbons (Fsp3) is 0.391. The normalized spacial score (nSPS) is 18.1. The number of hydrogen-bond donors (Lipinski definition) is 2. The molecule has 0 bridgehead atoms. The molecule has 1 saturated heterocycles. The maximum Gasteiger partial charge on any atom is 0.270 e. The van der Waals surface area contributed by atoms with Crippen LogP contribution in [0.1, 0.15) is 59.6 Å². The van der Waals surface area contributed by atoms with E-state index in [2.05, 4.69) is 5.32 Å². The van der Waals surface area contributed by atoms with Crippen LogP contribution in [0.4, 0.5) is 0 Å². The van der Waals surface area contributed by atoms with Gasteiger partial charge >= 0.3 is 0 Å². The van der Waals surface area contributed by atoms with Gasteiger partial charge in [-0.1, -0.05) is 18.2 Å². The molecule has 1 aliphatic heterocycles. The molecule has 29 heavy (non-hydrogen) atoms. The summed E-state index contributed by atoms with van der Waals surface area (Å²) in [6.07, 6.45) is 6.49. The second kappa shape index (κ2) is 7.87. The molecule has 2 N–H and O–H groups in total. The fourth-order valence-electron chi connectivity index (χ4n) is 4.30. The standard InChI is InChI=1S/C23H26N4O2/c28-23(24-16-21(22-9-6-14-29-22)26-12-4-5-13-26)20-15-19(17-10-11-17)25-27(20)18-7-2-1-3-8-18/h1-3,6-9,14-15,17,21H,4-5,10-13,16H2,(H,24,28)/p+1/t21-/m1/s1. The number of nitrogens with zero attached hydrogens (tertiary/aromatic N) is 2. The van der Waals surface area contributed by atoms with E-state index in [1.807, 2.05) is 48.5 Å². The molecular weight excluding hydrogens is 364 g/mol. The lowest BCUT2D eigenvalue weighted by Gasteiger charge is -2.23. The van der Waals surface area contributed by atoms with E-state index in [1.165, 1.54) is 17.7 Å². The second-order valence-electron chi connectivity index (χ2n) is 8.12. The van der Waals surface area contributed by atoms with Crippen molar-refractivity contribution in [3.05, 3.63) is 71.9 Å². The number of amides is 1. The molecule has 3 heterocycles. The number of para-hydroxylation sites is 1. The number of furan rings is 1. The fourth-order valence-corrected chi connectivity index (χ4v) is 4.30. The number of aromatic nitrogens is 2. The Morgan fingerprint density at radius 2 is 1.97 bits per heavy atom. The first kappa shape index (κ1) is 18.2. The quantitative estimate of drug-likeness (QED) is 0.650. The van der Waals surface area contributed by atoms with Crippen molar-refractivity contribution < 1.29 is 14.1 Å². The molecule has 3 aromatic rings. The maximum absolute atomic E-state index is 13.2. The van der Waals surface area contributed by atoms with Crippen LogP contribution in [0, 0.1) is 0 Å². The molecule has 6 nitrogen and oxygen atoms in total. The lowest BCUT2D eigenvalue weighted by atomic mass is 10.2. The number of rotatable bonds is 7. The predicted octanol–water partition coefficient (Wildman–Crippen LogP) is 2.49. The van der Waals surface area contributed by atoms with Crippen LogP contribution in [0.2, 0.25) is 0 Å². The Morgan fingerprint density at radius 3 is 2.66 bits per heavy atom. The summed E-state index contributed by atoms with van der Waals surface area (Å²) < 4.78 is 7.48. The minimum atomic E-state index is -0.0802. The van der Waals surface area contributed by atoms with E-state index in [9.17, 15) is 4.79 Å². The minimum Gasteiger partial charge on any atom is -0.463 e. The zero-order valence-corrected chi connectivity index (χ0v) is 16.5. The third kappa shape index (κ3) is 3.85. The zero-order valence-electron chi connectivity index (χ0n) is 16.5. The highest BCUT2D eigenvalue weighted by Gasteiger charge is 2.32. The van der Waals surface area contributed by atoms with Crippen molar-refractivity contribution in [3.63, 3.8) is 0 Å². The third-order valence-electron chi connectivity index (χ3n) is 6.05. The van der Waals surface area contributed by atoms with Gasteiger partial charge in [-0.15, -0.1) is 0 Å². The SMILES string of the molecule is O=C(NC[C@H](c1ccco1)[NH+]1CCCC1)c1cc(C2CC2)nn1-c1ccccc1. The Kier molecular flexibility index (Phi) is 4.94. The van der Waals surface area contributed by atoms with E-state index in [0.29, 0.717) is 18.2 Å². The van der Waals surface area contributed by atoms with Crippen LogP contribution in [0.15, 0.2) is 59.2 Å². The maximum atomic E-state index is 13.2. The Hall–Kier alpha value is -2.86. The summed E-state index contributed by atoms with van der Waals surface area (Å²) in [5, 5.41) is 7.92. The van der Waals surface area contributed by atoms with Crippen LogP contribution in [0.25, 0.3) is 5.69 Å². The first-order chi connectivity index (χ1) is 14.3. The van der Waals surface area contributed by atoms with Gasteiger partial charge in [0.05, 0.1) is 37.3 Å². The summed E-state index contributed by atoms with van der Waals surface area (Å²) in [4.78, 5) is 14.7. The highest BCUT2D eigenvalue weighted by molar-refractivity contribution is 5.93. The average Bonchev–Trinajstić information content (AvgIpc) is 3.19. The van der Waals surface area contributed by atoms with Crippen molar-refractivity contribution in [1.82, 2.24) is 15.1 Å². The largest absolute Gasteiger partial charge is 0.463 e. The van der Waals surface area contributed by atoms with E-state index in [4.69, 9.17) is 9.52 Å². The first-order valence-electron chi connectivity index (χ1n) is 10.6. The third-order valence-corrected chi connectivity index (χ3v) is 6.05. The van der Waals surface area contributed by atoms with Crippen LogP contribution < -0.4 is 10.2 Å². The van der Waals surface area contributed by atoms with Gasteiger partial charge < -0.3 is 14.6 Å². The molecule has 0 radical (unpaired) electrons. The van der Waals surface area contributed by atoms with Crippen LogP contribution in [0.3, 0.4) is 0 Å². The van der Waals surface area contributed by atoms with Crippen molar-refractivity contribution in [2.24, 2.45) is 0 Å². The summed E-state index contributed by atoms with van der Waals surface area (Å²) in [6, 6.07) is 15.9. The van der Waals surface area contributed by atoms with Gasteiger partial charge in [0.15, 0.2) is 11.8 Å². The Labute approximate surface area is 170 Å². The first-order valence-corrected chi connectivity index (χ1v) is 10.6.